The number of carbonyl (C=O) groups is 1. The minimum Gasteiger partial charge on any atom is -0.325 e. The maximum atomic E-state index is 13.0. The smallest absolute Gasteiger partial charge is 0.278 e. The van der Waals surface area contributed by atoms with Crippen LogP contribution < -0.4 is 9.80 Å². The third kappa shape index (κ3) is 3.48. The maximum absolute atomic E-state index is 13.0. The molecule has 2 heterocycles. The third-order valence-corrected chi connectivity index (χ3v) is 5.12. The first-order valence-corrected chi connectivity index (χ1v) is 9.73. The number of amides is 1. The highest BCUT2D eigenvalue weighted by Gasteiger charge is 2.21. The molecule has 1 amide bonds. The number of fused-ring (bicyclic) bond motifs is 1. The SMILES string of the molecule is CCN(C(=O)c1cnc(N2CCCc3ccccc32)cn1)c1cccc(C)c1. The first-order valence-electron chi connectivity index (χ1n) is 9.73. The van der Waals surface area contributed by atoms with E-state index in [1.165, 1.54) is 11.3 Å². The molecule has 5 nitrogen and oxygen atoms in total. The second-order valence-corrected chi connectivity index (χ2v) is 7.03. The Morgan fingerprint density at radius 1 is 1.11 bits per heavy atom. The summed E-state index contributed by atoms with van der Waals surface area (Å²) >= 11 is 0. The second-order valence-electron chi connectivity index (χ2n) is 7.03. The summed E-state index contributed by atoms with van der Waals surface area (Å²) in [7, 11) is 0. The highest BCUT2D eigenvalue weighted by atomic mass is 16.2. The molecule has 0 N–H and O–H groups in total. The van der Waals surface area contributed by atoms with Gasteiger partial charge < -0.3 is 9.80 Å². The molecular weight excluding hydrogens is 348 g/mol. The van der Waals surface area contributed by atoms with Crippen LogP contribution in [-0.2, 0) is 6.42 Å². The fourth-order valence-electron chi connectivity index (χ4n) is 3.72. The number of nitrogens with zero attached hydrogens (tertiary/aromatic N) is 4. The normalized spacial score (nSPS) is 13.1. The average Bonchev–Trinajstić information content (AvgIpc) is 2.74. The van der Waals surface area contributed by atoms with Gasteiger partial charge in [0.2, 0.25) is 0 Å². The highest BCUT2D eigenvalue weighted by Crippen LogP contribution is 2.31. The van der Waals surface area contributed by atoms with Crippen molar-refractivity contribution in [2.75, 3.05) is 22.9 Å². The number of benzene rings is 2. The standard InChI is InChI=1S/C23H24N4O/c1-3-26(19-11-6-8-17(2)14-19)23(28)20-15-25-22(16-24-20)27-13-7-10-18-9-4-5-12-21(18)27/h4-6,8-9,11-12,14-16H,3,7,10,13H2,1-2H3. The van der Waals surface area contributed by atoms with Gasteiger partial charge in [-0.3, -0.25) is 4.79 Å². The number of aryl methyl sites for hydroxylation is 2. The number of hydrogen-bond acceptors (Lipinski definition) is 4. The molecular formula is C23H24N4O. The zero-order chi connectivity index (χ0) is 19.5. The second kappa shape index (κ2) is 7.80. The van der Waals surface area contributed by atoms with Crippen molar-refractivity contribution in [3.05, 3.63) is 77.7 Å². The van der Waals surface area contributed by atoms with E-state index in [-0.39, 0.29) is 5.91 Å². The molecule has 2 aromatic carbocycles. The lowest BCUT2D eigenvalue weighted by atomic mass is 10.0. The van der Waals surface area contributed by atoms with E-state index in [9.17, 15) is 4.79 Å². The number of aromatic nitrogens is 2. The molecule has 1 aromatic heterocycles. The first kappa shape index (κ1) is 18.2. The van der Waals surface area contributed by atoms with Crippen LogP contribution in [0.15, 0.2) is 60.9 Å². The first-order chi connectivity index (χ1) is 13.7. The van der Waals surface area contributed by atoms with Crippen molar-refractivity contribution < 1.29 is 4.79 Å². The number of rotatable bonds is 4. The van der Waals surface area contributed by atoms with Crippen molar-refractivity contribution in [1.29, 1.82) is 0 Å². The molecule has 0 fully saturated rings. The van der Waals surface area contributed by atoms with Crippen molar-refractivity contribution in [1.82, 2.24) is 9.97 Å². The van der Waals surface area contributed by atoms with E-state index < -0.39 is 0 Å². The van der Waals surface area contributed by atoms with Crippen LogP contribution in [0.4, 0.5) is 17.2 Å². The van der Waals surface area contributed by atoms with Gasteiger partial charge in [0.1, 0.15) is 5.69 Å². The summed E-state index contributed by atoms with van der Waals surface area (Å²) in [5, 5.41) is 0. The van der Waals surface area contributed by atoms with Gasteiger partial charge in [0.25, 0.3) is 5.91 Å². The van der Waals surface area contributed by atoms with Crippen molar-refractivity contribution >= 4 is 23.1 Å². The molecule has 4 rings (SSSR count). The molecule has 0 radical (unpaired) electrons. The van der Waals surface area contributed by atoms with Crippen LogP contribution in [0.25, 0.3) is 0 Å². The number of carbonyl (C=O) groups excluding carboxylic acids is 1. The fourth-order valence-corrected chi connectivity index (χ4v) is 3.72. The minimum atomic E-state index is -0.133. The van der Waals surface area contributed by atoms with E-state index in [2.05, 4.69) is 33.1 Å². The van der Waals surface area contributed by atoms with Gasteiger partial charge in [-0.25, -0.2) is 9.97 Å². The molecule has 0 bridgehead atoms. The monoisotopic (exact) mass is 372 g/mol. The summed E-state index contributed by atoms with van der Waals surface area (Å²) in [4.78, 5) is 25.9. The molecule has 1 aliphatic heterocycles. The van der Waals surface area contributed by atoms with Crippen molar-refractivity contribution in [3.63, 3.8) is 0 Å². The number of hydrogen-bond donors (Lipinski definition) is 0. The Balaban J connectivity index is 1.59. The van der Waals surface area contributed by atoms with Crippen molar-refractivity contribution in [3.8, 4) is 0 Å². The topological polar surface area (TPSA) is 49.3 Å². The summed E-state index contributed by atoms with van der Waals surface area (Å²) in [6, 6.07) is 16.3. The van der Waals surface area contributed by atoms with Crippen LogP contribution in [0.1, 0.15) is 35.0 Å². The zero-order valence-corrected chi connectivity index (χ0v) is 16.3. The van der Waals surface area contributed by atoms with Crippen LogP contribution in [0.2, 0.25) is 0 Å². The lowest BCUT2D eigenvalue weighted by Gasteiger charge is -2.30. The van der Waals surface area contributed by atoms with Gasteiger partial charge in [-0.2, -0.15) is 0 Å². The van der Waals surface area contributed by atoms with Gasteiger partial charge in [-0.1, -0.05) is 30.3 Å². The summed E-state index contributed by atoms with van der Waals surface area (Å²) in [6.07, 6.45) is 5.46. The highest BCUT2D eigenvalue weighted by molar-refractivity contribution is 6.04. The molecule has 0 saturated heterocycles. The lowest BCUT2D eigenvalue weighted by Crippen LogP contribution is -2.32. The number of anilines is 3. The molecule has 0 aliphatic carbocycles. The van der Waals surface area contributed by atoms with Crippen LogP contribution in [0.3, 0.4) is 0 Å². The Morgan fingerprint density at radius 2 is 1.96 bits per heavy atom. The largest absolute Gasteiger partial charge is 0.325 e. The van der Waals surface area contributed by atoms with Crippen LogP contribution in [0, 0.1) is 6.92 Å². The summed E-state index contributed by atoms with van der Waals surface area (Å²) in [5.41, 5.74) is 4.86. The maximum Gasteiger partial charge on any atom is 0.278 e. The van der Waals surface area contributed by atoms with E-state index in [0.29, 0.717) is 12.2 Å². The van der Waals surface area contributed by atoms with Crippen LogP contribution in [-0.4, -0.2) is 29.0 Å². The molecule has 5 heteroatoms. The average molecular weight is 372 g/mol. The van der Waals surface area contributed by atoms with E-state index >= 15 is 0 Å². The Kier molecular flexibility index (Phi) is 5.06. The van der Waals surface area contributed by atoms with Gasteiger partial charge in [0.15, 0.2) is 5.82 Å². The summed E-state index contributed by atoms with van der Waals surface area (Å²) < 4.78 is 0. The van der Waals surface area contributed by atoms with Gasteiger partial charge >= 0.3 is 0 Å². The van der Waals surface area contributed by atoms with Gasteiger partial charge in [-0.05, 0) is 56.0 Å². The van der Waals surface area contributed by atoms with E-state index in [0.717, 1.165) is 36.5 Å². The molecule has 28 heavy (non-hydrogen) atoms. The van der Waals surface area contributed by atoms with E-state index in [4.69, 9.17) is 0 Å². The molecule has 142 valence electrons. The zero-order valence-electron chi connectivity index (χ0n) is 16.3. The minimum absolute atomic E-state index is 0.133. The third-order valence-electron chi connectivity index (χ3n) is 5.12. The lowest BCUT2D eigenvalue weighted by molar-refractivity contribution is 0.0983. The summed E-state index contributed by atoms with van der Waals surface area (Å²) in [5.74, 6) is 0.647. The fraction of sp³-hybridized carbons (Fsp3) is 0.261. The molecule has 0 atom stereocenters. The van der Waals surface area contributed by atoms with Gasteiger partial charge in [-0.15, -0.1) is 0 Å². The van der Waals surface area contributed by atoms with Crippen LogP contribution >= 0.6 is 0 Å². The van der Waals surface area contributed by atoms with Crippen molar-refractivity contribution in [2.45, 2.75) is 26.7 Å². The summed E-state index contributed by atoms with van der Waals surface area (Å²) in [6.45, 7) is 5.47. The Hall–Kier alpha value is -3.21. The van der Waals surface area contributed by atoms with Gasteiger partial charge in [0, 0.05) is 24.5 Å². The molecule has 0 saturated carbocycles. The quantitative estimate of drug-likeness (QED) is 0.675. The molecule has 0 spiro atoms. The molecule has 1 aliphatic rings. The van der Waals surface area contributed by atoms with E-state index in [1.807, 2.05) is 44.2 Å². The Morgan fingerprint density at radius 3 is 2.71 bits per heavy atom. The Bertz CT molecular complexity index is 984. The van der Waals surface area contributed by atoms with Crippen LogP contribution in [0.5, 0.6) is 0 Å². The molecule has 3 aromatic rings. The predicted octanol–water partition coefficient (Wildman–Crippen LogP) is 4.54. The van der Waals surface area contributed by atoms with Gasteiger partial charge in [0.05, 0.1) is 12.4 Å². The van der Waals surface area contributed by atoms with Crippen molar-refractivity contribution in [2.24, 2.45) is 0 Å². The molecule has 0 unspecified atom stereocenters. The predicted molar refractivity (Wildman–Crippen MR) is 112 cm³/mol. The Labute approximate surface area is 165 Å². The van der Waals surface area contributed by atoms with E-state index in [1.54, 1.807) is 17.3 Å². The number of para-hydroxylation sites is 1.